The Bertz CT molecular complexity index is 974. The number of nitrogens with one attached hydrogen (secondary N) is 1. The van der Waals surface area contributed by atoms with Gasteiger partial charge in [0.2, 0.25) is 11.7 Å². The number of anilines is 1. The lowest BCUT2D eigenvalue weighted by Gasteiger charge is -2.34. The van der Waals surface area contributed by atoms with Gasteiger partial charge in [-0.2, -0.15) is 4.98 Å². The maximum Gasteiger partial charge on any atom is 0.321 e. The first kappa shape index (κ1) is 17.8. The first-order valence-corrected chi connectivity index (χ1v) is 8.89. The Morgan fingerprint density at radius 1 is 1.07 bits per heavy atom. The number of aryl methyl sites for hydroxylation is 1. The van der Waals surface area contributed by atoms with Crippen LogP contribution < -0.4 is 5.32 Å². The van der Waals surface area contributed by atoms with Gasteiger partial charge in [0.25, 0.3) is 5.91 Å². The molecule has 4 rings (SSSR count). The van der Waals surface area contributed by atoms with Gasteiger partial charge in [-0.15, -0.1) is 0 Å². The Kier molecular flexibility index (Phi) is 4.79. The van der Waals surface area contributed by atoms with Crippen molar-refractivity contribution >= 4 is 17.6 Å². The standard InChI is InChI=1S/C19H19N5O4/c1-13-20-17(22-28-13)14-4-2-5-15(12-14)21-19(26)24-9-7-23(8-10-24)18(25)16-6-3-11-27-16/h2-6,11-12H,7-10H2,1H3,(H,21,26). The summed E-state index contributed by atoms with van der Waals surface area (Å²) in [4.78, 5) is 32.4. The van der Waals surface area contributed by atoms with Crippen LogP contribution in [0.15, 0.2) is 51.6 Å². The summed E-state index contributed by atoms with van der Waals surface area (Å²) in [5.74, 6) is 1.10. The third-order valence-electron chi connectivity index (χ3n) is 4.49. The van der Waals surface area contributed by atoms with Crippen LogP contribution >= 0.6 is 0 Å². The number of hydrogen-bond acceptors (Lipinski definition) is 6. The maximum atomic E-state index is 12.6. The normalized spacial score (nSPS) is 14.2. The molecule has 3 amide bonds. The Balaban J connectivity index is 1.35. The van der Waals surface area contributed by atoms with Gasteiger partial charge in [-0.3, -0.25) is 4.79 Å². The molecule has 1 aliphatic heterocycles. The Hall–Kier alpha value is -3.62. The molecule has 3 aromatic rings. The molecule has 0 aliphatic carbocycles. The molecule has 1 aromatic carbocycles. The molecule has 0 bridgehead atoms. The Labute approximate surface area is 160 Å². The minimum Gasteiger partial charge on any atom is -0.459 e. The van der Waals surface area contributed by atoms with Crippen molar-refractivity contribution in [1.82, 2.24) is 19.9 Å². The number of benzene rings is 1. The molecule has 1 N–H and O–H groups in total. The number of furan rings is 1. The number of carbonyl (C=O) groups excluding carboxylic acids is 2. The third-order valence-corrected chi connectivity index (χ3v) is 4.49. The summed E-state index contributed by atoms with van der Waals surface area (Å²) >= 11 is 0. The summed E-state index contributed by atoms with van der Waals surface area (Å²) in [5, 5.41) is 6.77. The van der Waals surface area contributed by atoms with Crippen molar-refractivity contribution in [1.29, 1.82) is 0 Å². The Morgan fingerprint density at radius 3 is 2.54 bits per heavy atom. The molecule has 144 valence electrons. The van der Waals surface area contributed by atoms with Gasteiger partial charge in [-0.05, 0) is 24.3 Å². The van der Waals surface area contributed by atoms with Crippen molar-refractivity contribution in [2.45, 2.75) is 6.92 Å². The average molecular weight is 381 g/mol. The van der Waals surface area contributed by atoms with Gasteiger partial charge < -0.3 is 24.1 Å². The number of hydrogen-bond donors (Lipinski definition) is 1. The third kappa shape index (κ3) is 3.73. The summed E-state index contributed by atoms with van der Waals surface area (Å²) < 4.78 is 10.1. The first-order valence-electron chi connectivity index (χ1n) is 8.89. The zero-order valence-electron chi connectivity index (χ0n) is 15.3. The summed E-state index contributed by atoms with van der Waals surface area (Å²) in [5.41, 5.74) is 1.39. The van der Waals surface area contributed by atoms with E-state index in [1.54, 1.807) is 41.0 Å². The van der Waals surface area contributed by atoms with E-state index in [1.165, 1.54) is 6.26 Å². The number of carbonyl (C=O) groups is 2. The van der Waals surface area contributed by atoms with Crippen LogP contribution in [-0.4, -0.2) is 58.1 Å². The van der Waals surface area contributed by atoms with Crippen LogP contribution in [0.4, 0.5) is 10.5 Å². The zero-order valence-corrected chi connectivity index (χ0v) is 15.3. The van der Waals surface area contributed by atoms with Crippen LogP contribution in [0.25, 0.3) is 11.4 Å². The van der Waals surface area contributed by atoms with Gasteiger partial charge in [0, 0.05) is 44.4 Å². The van der Waals surface area contributed by atoms with Gasteiger partial charge in [0.15, 0.2) is 5.76 Å². The molecule has 0 unspecified atom stereocenters. The quantitative estimate of drug-likeness (QED) is 0.748. The van der Waals surface area contributed by atoms with E-state index in [0.717, 1.165) is 5.56 Å². The molecule has 1 fully saturated rings. The number of nitrogens with zero attached hydrogens (tertiary/aromatic N) is 4. The summed E-state index contributed by atoms with van der Waals surface area (Å²) in [6.07, 6.45) is 1.47. The monoisotopic (exact) mass is 381 g/mol. The second kappa shape index (κ2) is 7.55. The van der Waals surface area contributed by atoms with Crippen LogP contribution in [-0.2, 0) is 0 Å². The molecule has 1 saturated heterocycles. The molecule has 0 spiro atoms. The van der Waals surface area contributed by atoms with Crippen molar-refractivity contribution in [2.24, 2.45) is 0 Å². The van der Waals surface area contributed by atoms with Gasteiger partial charge in [0.1, 0.15) is 0 Å². The van der Waals surface area contributed by atoms with E-state index in [1.807, 2.05) is 12.1 Å². The molecule has 9 nitrogen and oxygen atoms in total. The lowest BCUT2D eigenvalue weighted by Crippen LogP contribution is -2.51. The van der Waals surface area contributed by atoms with Crippen molar-refractivity contribution in [3.63, 3.8) is 0 Å². The topological polar surface area (TPSA) is 105 Å². The highest BCUT2D eigenvalue weighted by Gasteiger charge is 2.26. The van der Waals surface area contributed by atoms with Gasteiger partial charge in [-0.1, -0.05) is 17.3 Å². The van der Waals surface area contributed by atoms with Gasteiger partial charge in [-0.25, -0.2) is 4.79 Å². The van der Waals surface area contributed by atoms with Crippen molar-refractivity contribution in [3.8, 4) is 11.4 Å². The predicted molar refractivity (Wildman–Crippen MR) is 99.7 cm³/mol. The number of rotatable bonds is 3. The predicted octanol–water partition coefficient (Wildman–Crippen LogP) is 2.63. The SMILES string of the molecule is Cc1nc(-c2cccc(NC(=O)N3CCN(C(=O)c4ccco4)CC3)c2)no1. The number of aromatic nitrogens is 2. The van der Waals surface area contributed by atoms with Crippen molar-refractivity contribution in [3.05, 3.63) is 54.3 Å². The van der Waals surface area contributed by atoms with Crippen molar-refractivity contribution < 1.29 is 18.5 Å². The summed E-state index contributed by atoms with van der Waals surface area (Å²) in [7, 11) is 0. The van der Waals surface area contributed by atoms with E-state index in [2.05, 4.69) is 15.5 Å². The lowest BCUT2D eigenvalue weighted by atomic mass is 10.2. The highest BCUT2D eigenvalue weighted by atomic mass is 16.5. The highest BCUT2D eigenvalue weighted by molar-refractivity contribution is 5.92. The number of amides is 3. The molecule has 2 aromatic heterocycles. The van der Waals surface area contributed by atoms with E-state index in [-0.39, 0.29) is 11.9 Å². The second-order valence-corrected chi connectivity index (χ2v) is 6.40. The molecule has 1 aliphatic rings. The number of urea groups is 1. The largest absolute Gasteiger partial charge is 0.459 e. The van der Waals surface area contributed by atoms with Crippen LogP contribution in [0.5, 0.6) is 0 Å². The highest BCUT2D eigenvalue weighted by Crippen LogP contribution is 2.20. The molecular weight excluding hydrogens is 362 g/mol. The van der Waals surface area contributed by atoms with E-state index in [0.29, 0.717) is 49.3 Å². The van der Waals surface area contributed by atoms with E-state index in [9.17, 15) is 9.59 Å². The van der Waals surface area contributed by atoms with E-state index >= 15 is 0 Å². The molecule has 0 saturated carbocycles. The Morgan fingerprint density at radius 2 is 1.86 bits per heavy atom. The minimum absolute atomic E-state index is 0.159. The second-order valence-electron chi connectivity index (χ2n) is 6.40. The fourth-order valence-electron chi connectivity index (χ4n) is 3.02. The van der Waals surface area contributed by atoms with E-state index in [4.69, 9.17) is 8.94 Å². The van der Waals surface area contributed by atoms with Gasteiger partial charge in [0.05, 0.1) is 6.26 Å². The molecule has 0 radical (unpaired) electrons. The molecule has 28 heavy (non-hydrogen) atoms. The van der Waals surface area contributed by atoms with E-state index < -0.39 is 0 Å². The van der Waals surface area contributed by atoms with Gasteiger partial charge >= 0.3 is 6.03 Å². The molecular formula is C19H19N5O4. The molecule has 9 heteroatoms. The maximum absolute atomic E-state index is 12.6. The average Bonchev–Trinajstić information content (AvgIpc) is 3.40. The van der Waals surface area contributed by atoms with Crippen LogP contribution in [0.2, 0.25) is 0 Å². The summed E-state index contributed by atoms with van der Waals surface area (Å²) in [6.45, 7) is 3.52. The first-order chi connectivity index (χ1) is 13.6. The summed E-state index contributed by atoms with van der Waals surface area (Å²) in [6, 6.07) is 10.4. The lowest BCUT2D eigenvalue weighted by molar-refractivity contribution is 0.0640. The smallest absolute Gasteiger partial charge is 0.321 e. The van der Waals surface area contributed by atoms with Crippen molar-refractivity contribution in [2.75, 3.05) is 31.5 Å². The van der Waals surface area contributed by atoms with Crippen LogP contribution in [0, 0.1) is 6.92 Å². The molecule has 0 atom stereocenters. The van der Waals surface area contributed by atoms with Crippen LogP contribution in [0.1, 0.15) is 16.4 Å². The number of piperazine rings is 1. The zero-order chi connectivity index (χ0) is 19.5. The van der Waals surface area contributed by atoms with Crippen LogP contribution in [0.3, 0.4) is 0 Å². The fraction of sp³-hybridized carbons (Fsp3) is 0.263. The molecule has 3 heterocycles. The fourth-order valence-corrected chi connectivity index (χ4v) is 3.02. The minimum atomic E-state index is -0.216.